The molecule has 4 aromatic rings. The van der Waals surface area contributed by atoms with E-state index in [-0.39, 0.29) is 22.7 Å². The summed E-state index contributed by atoms with van der Waals surface area (Å²) in [5.41, 5.74) is 1.94. The number of pyridine rings is 1. The number of carbonyl (C=O) groups excluding carboxylic acids is 1. The van der Waals surface area contributed by atoms with Crippen LogP contribution in [0.25, 0.3) is 22.7 Å². The molecule has 0 saturated carbocycles. The first kappa shape index (κ1) is 18.8. The second-order valence-corrected chi connectivity index (χ2v) is 6.81. The number of hydrogen-bond donors (Lipinski definition) is 2. The Morgan fingerprint density at radius 2 is 2.10 bits per heavy atom. The van der Waals surface area contributed by atoms with Crippen LogP contribution in [0.3, 0.4) is 0 Å². The third-order valence-corrected chi connectivity index (χ3v) is 4.62. The monoisotopic (exact) mass is 408 g/mol. The van der Waals surface area contributed by atoms with Crippen molar-refractivity contribution in [2.75, 3.05) is 5.32 Å². The Morgan fingerprint density at radius 1 is 1.28 bits per heavy atom. The molecule has 2 N–H and O–H groups in total. The maximum absolute atomic E-state index is 13.0. The molecule has 0 atom stereocenters. The Bertz CT molecular complexity index is 1260. The minimum Gasteiger partial charge on any atom is -0.350 e. The van der Waals surface area contributed by atoms with Gasteiger partial charge in [-0.05, 0) is 44.2 Å². The fourth-order valence-electron chi connectivity index (χ4n) is 3.08. The lowest BCUT2D eigenvalue weighted by molar-refractivity contribution is 0.101. The number of aromatic nitrogens is 5. The van der Waals surface area contributed by atoms with Gasteiger partial charge in [0.15, 0.2) is 17.3 Å². The number of benzene rings is 1. The largest absolute Gasteiger partial charge is 0.350 e. The number of aryl methyl sites for hydroxylation is 1. The summed E-state index contributed by atoms with van der Waals surface area (Å²) in [4.78, 5) is 37.3. The van der Waals surface area contributed by atoms with E-state index in [0.717, 1.165) is 0 Å². The topological polar surface area (TPSA) is 106 Å². The van der Waals surface area contributed by atoms with Crippen LogP contribution in [-0.4, -0.2) is 30.5 Å². The quantitative estimate of drug-likeness (QED) is 0.486. The van der Waals surface area contributed by atoms with Gasteiger partial charge in [-0.3, -0.25) is 9.59 Å². The van der Waals surface area contributed by atoms with E-state index in [1.54, 1.807) is 43.5 Å². The summed E-state index contributed by atoms with van der Waals surface area (Å²) >= 11 is 6.06. The maximum atomic E-state index is 13.0. The predicted molar refractivity (Wildman–Crippen MR) is 112 cm³/mol. The zero-order valence-corrected chi connectivity index (χ0v) is 16.5. The molecule has 3 aromatic heterocycles. The first-order chi connectivity index (χ1) is 14.0. The van der Waals surface area contributed by atoms with Gasteiger partial charge < -0.3 is 10.3 Å². The van der Waals surface area contributed by atoms with Gasteiger partial charge in [0.2, 0.25) is 0 Å². The lowest BCUT2D eigenvalue weighted by Gasteiger charge is -2.15. The lowest BCUT2D eigenvalue weighted by atomic mass is 10.1. The first-order valence-electron chi connectivity index (χ1n) is 8.97. The summed E-state index contributed by atoms with van der Waals surface area (Å²) in [6.07, 6.45) is 1.63. The Balaban J connectivity index is 1.98. The molecule has 0 unspecified atom stereocenters. The molecule has 3 heterocycles. The molecule has 0 amide bonds. The molecule has 146 valence electrons. The first-order valence-corrected chi connectivity index (χ1v) is 9.35. The van der Waals surface area contributed by atoms with E-state index in [0.29, 0.717) is 34.2 Å². The zero-order valence-electron chi connectivity index (χ0n) is 15.7. The van der Waals surface area contributed by atoms with Gasteiger partial charge in [-0.1, -0.05) is 17.7 Å². The summed E-state index contributed by atoms with van der Waals surface area (Å²) in [6.45, 7) is 3.52. The SMILES string of the molecule is CCn1nc(-c2nc3ncccc3[nH]2)c(C(C)=O)c(Nc2cccc(Cl)c2)c1=O. The summed E-state index contributed by atoms with van der Waals surface area (Å²) in [7, 11) is 0. The Labute approximate surface area is 170 Å². The summed E-state index contributed by atoms with van der Waals surface area (Å²) < 4.78 is 1.29. The molecule has 1 aromatic carbocycles. The highest BCUT2D eigenvalue weighted by molar-refractivity contribution is 6.30. The number of rotatable bonds is 5. The average Bonchev–Trinajstić information content (AvgIpc) is 3.13. The van der Waals surface area contributed by atoms with Crippen molar-refractivity contribution in [3.05, 3.63) is 63.5 Å². The number of Topliss-reactive ketones (excluding diaryl/α,β-unsaturated/α-hetero) is 1. The standard InChI is InChI=1S/C20H17ClN6O2/c1-3-27-20(29)17(23-13-7-4-6-12(21)10-13)15(11(2)28)16(26-27)19-24-14-8-5-9-22-18(14)25-19/h4-10,23H,3H2,1-2H3,(H,22,24,25). The van der Waals surface area contributed by atoms with E-state index in [1.165, 1.54) is 11.6 Å². The minimum atomic E-state index is -0.407. The molecule has 0 spiro atoms. The highest BCUT2D eigenvalue weighted by atomic mass is 35.5. The molecule has 0 bridgehead atoms. The van der Waals surface area contributed by atoms with Crippen molar-refractivity contribution in [2.24, 2.45) is 0 Å². The second-order valence-electron chi connectivity index (χ2n) is 6.37. The molecule has 0 radical (unpaired) electrons. The number of anilines is 2. The van der Waals surface area contributed by atoms with Gasteiger partial charge in [-0.25, -0.2) is 14.6 Å². The molecule has 0 aliphatic heterocycles. The molecule has 0 aliphatic carbocycles. The summed E-state index contributed by atoms with van der Waals surface area (Å²) in [6, 6.07) is 10.5. The average molecular weight is 409 g/mol. The molecular weight excluding hydrogens is 392 g/mol. The van der Waals surface area contributed by atoms with Gasteiger partial charge in [0, 0.05) is 23.5 Å². The van der Waals surface area contributed by atoms with Crippen LogP contribution in [0, 0.1) is 0 Å². The fraction of sp³-hybridized carbons (Fsp3) is 0.150. The van der Waals surface area contributed by atoms with Crippen LogP contribution in [0.4, 0.5) is 11.4 Å². The number of nitrogens with one attached hydrogen (secondary N) is 2. The minimum absolute atomic E-state index is 0.125. The second kappa shape index (κ2) is 7.48. The van der Waals surface area contributed by atoms with Crippen LogP contribution in [0.2, 0.25) is 5.02 Å². The van der Waals surface area contributed by atoms with E-state index in [2.05, 4.69) is 25.4 Å². The Morgan fingerprint density at radius 3 is 2.79 bits per heavy atom. The smallest absolute Gasteiger partial charge is 0.291 e. The molecule has 9 heteroatoms. The zero-order chi connectivity index (χ0) is 20.5. The van der Waals surface area contributed by atoms with Gasteiger partial charge in [0.1, 0.15) is 11.4 Å². The number of fused-ring (bicyclic) bond motifs is 1. The molecule has 4 rings (SSSR count). The number of H-pyrrole nitrogens is 1. The van der Waals surface area contributed by atoms with Gasteiger partial charge in [0.25, 0.3) is 5.56 Å². The van der Waals surface area contributed by atoms with Crippen LogP contribution in [0.5, 0.6) is 0 Å². The number of aromatic amines is 1. The van der Waals surface area contributed by atoms with Gasteiger partial charge in [-0.15, -0.1) is 0 Å². The molecule has 0 saturated heterocycles. The van der Waals surface area contributed by atoms with Gasteiger partial charge >= 0.3 is 0 Å². The van der Waals surface area contributed by atoms with Crippen LogP contribution < -0.4 is 10.9 Å². The molecule has 0 aliphatic rings. The van der Waals surface area contributed by atoms with Gasteiger partial charge in [0.05, 0.1) is 11.1 Å². The van der Waals surface area contributed by atoms with Crippen molar-refractivity contribution < 1.29 is 4.79 Å². The third kappa shape index (κ3) is 3.50. The van der Waals surface area contributed by atoms with Crippen molar-refractivity contribution in [3.63, 3.8) is 0 Å². The number of nitrogens with zero attached hydrogens (tertiary/aromatic N) is 4. The van der Waals surface area contributed by atoms with Crippen molar-refractivity contribution in [1.82, 2.24) is 24.7 Å². The van der Waals surface area contributed by atoms with E-state index in [9.17, 15) is 9.59 Å². The fourth-order valence-corrected chi connectivity index (χ4v) is 3.27. The normalized spacial score (nSPS) is 11.0. The molecule has 29 heavy (non-hydrogen) atoms. The van der Waals surface area contributed by atoms with Gasteiger partial charge in [-0.2, -0.15) is 5.10 Å². The molecule has 8 nitrogen and oxygen atoms in total. The Hall–Kier alpha value is -3.52. The Kier molecular flexibility index (Phi) is 4.85. The highest BCUT2D eigenvalue weighted by Gasteiger charge is 2.24. The van der Waals surface area contributed by atoms with E-state index in [4.69, 9.17) is 11.6 Å². The van der Waals surface area contributed by atoms with E-state index in [1.807, 2.05) is 6.07 Å². The number of hydrogen-bond acceptors (Lipinski definition) is 6. The van der Waals surface area contributed by atoms with Crippen LogP contribution in [0.1, 0.15) is 24.2 Å². The summed E-state index contributed by atoms with van der Waals surface area (Å²) in [5, 5.41) is 7.95. The van der Waals surface area contributed by atoms with Crippen LogP contribution >= 0.6 is 11.6 Å². The number of imidazole rings is 1. The summed E-state index contributed by atoms with van der Waals surface area (Å²) in [5.74, 6) is 0.0473. The molecule has 0 fully saturated rings. The lowest BCUT2D eigenvalue weighted by Crippen LogP contribution is -2.28. The third-order valence-electron chi connectivity index (χ3n) is 4.38. The van der Waals surface area contributed by atoms with Crippen molar-refractivity contribution in [1.29, 1.82) is 0 Å². The number of halogens is 1. The van der Waals surface area contributed by atoms with E-state index < -0.39 is 5.56 Å². The van der Waals surface area contributed by atoms with Crippen LogP contribution in [-0.2, 0) is 6.54 Å². The van der Waals surface area contributed by atoms with Crippen molar-refractivity contribution >= 4 is 39.9 Å². The van der Waals surface area contributed by atoms with Crippen molar-refractivity contribution in [2.45, 2.75) is 20.4 Å². The number of carbonyl (C=O) groups is 1. The van der Waals surface area contributed by atoms with Crippen LogP contribution in [0.15, 0.2) is 47.4 Å². The predicted octanol–water partition coefficient (Wildman–Crippen LogP) is 3.80. The maximum Gasteiger partial charge on any atom is 0.291 e. The molecular formula is C20H17ClN6O2. The van der Waals surface area contributed by atoms with E-state index >= 15 is 0 Å². The number of ketones is 1. The van der Waals surface area contributed by atoms with Crippen molar-refractivity contribution in [3.8, 4) is 11.5 Å². The highest BCUT2D eigenvalue weighted by Crippen LogP contribution is 2.28.